The zero-order valence-corrected chi connectivity index (χ0v) is 10.4. The number of carbonyl (C=O) groups excluding carboxylic acids is 1. The van der Waals surface area contributed by atoms with Crippen LogP contribution in [0.4, 0.5) is 19.6 Å². The van der Waals surface area contributed by atoms with Crippen molar-refractivity contribution in [2.45, 2.75) is 6.54 Å². The third-order valence-corrected chi connectivity index (χ3v) is 3.24. The van der Waals surface area contributed by atoms with Crippen LogP contribution >= 0.6 is 11.5 Å². The minimum atomic E-state index is -0.715. The van der Waals surface area contributed by atoms with Gasteiger partial charge in [0, 0.05) is 18.2 Å². The summed E-state index contributed by atoms with van der Waals surface area (Å²) in [4.78, 5) is 11.2. The molecule has 19 heavy (non-hydrogen) atoms. The van der Waals surface area contributed by atoms with E-state index in [1.807, 2.05) is 0 Å². The van der Waals surface area contributed by atoms with E-state index < -0.39 is 17.5 Å². The van der Waals surface area contributed by atoms with Gasteiger partial charge in [-0.15, -0.1) is 0 Å². The average molecular weight is 284 g/mol. The van der Waals surface area contributed by atoms with Gasteiger partial charge in [-0.3, -0.25) is 4.79 Å². The predicted molar refractivity (Wildman–Crippen MR) is 68.7 cm³/mol. The van der Waals surface area contributed by atoms with Crippen LogP contribution in [0, 0.1) is 11.6 Å². The Bertz CT molecular complexity index is 629. The highest BCUT2D eigenvalue weighted by atomic mass is 32.1. The number of nitrogens with zero attached hydrogens (tertiary/aromatic N) is 1. The number of benzene rings is 1. The molecular weight excluding hydrogens is 274 g/mol. The largest absolute Gasteiger partial charge is 0.382 e. The lowest BCUT2D eigenvalue weighted by Gasteiger charge is -2.06. The Morgan fingerprint density at radius 3 is 2.79 bits per heavy atom. The molecule has 0 unspecified atom stereocenters. The first-order valence-electron chi connectivity index (χ1n) is 5.21. The van der Waals surface area contributed by atoms with Crippen LogP contribution in [-0.4, -0.2) is 10.3 Å². The molecule has 1 aromatic carbocycles. The number of anilines is 2. The lowest BCUT2D eigenvalue weighted by molar-refractivity contribution is 0.100. The van der Waals surface area contributed by atoms with Crippen molar-refractivity contribution in [1.29, 1.82) is 0 Å². The fourth-order valence-corrected chi connectivity index (χ4v) is 2.22. The van der Waals surface area contributed by atoms with Gasteiger partial charge in [0.05, 0.1) is 0 Å². The number of hydrogen-bond acceptors (Lipinski definition) is 5. The van der Waals surface area contributed by atoms with Crippen LogP contribution in [0.2, 0.25) is 0 Å². The van der Waals surface area contributed by atoms with E-state index in [-0.39, 0.29) is 23.5 Å². The molecule has 0 spiro atoms. The Labute approximate surface area is 111 Å². The van der Waals surface area contributed by atoms with Crippen molar-refractivity contribution in [3.63, 3.8) is 0 Å². The second-order valence-corrected chi connectivity index (χ2v) is 4.50. The Kier molecular flexibility index (Phi) is 3.61. The molecule has 2 aromatic rings. The summed E-state index contributed by atoms with van der Waals surface area (Å²) in [5, 5.41) is 3.16. The maximum Gasteiger partial charge on any atom is 0.255 e. The molecule has 0 bridgehead atoms. The molecule has 0 aliphatic heterocycles. The van der Waals surface area contributed by atoms with Gasteiger partial charge in [-0.25, -0.2) is 8.78 Å². The number of halogens is 2. The fourth-order valence-electron chi connectivity index (χ4n) is 1.50. The Balaban J connectivity index is 2.17. The van der Waals surface area contributed by atoms with Crippen molar-refractivity contribution in [1.82, 2.24) is 4.37 Å². The Morgan fingerprint density at radius 1 is 1.42 bits per heavy atom. The van der Waals surface area contributed by atoms with E-state index in [9.17, 15) is 13.6 Å². The van der Waals surface area contributed by atoms with Crippen LogP contribution in [0.1, 0.15) is 15.9 Å². The number of nitrogens with one attached hydrogen (secondary N) is 1. The van der Waals surface area contributed by atoms with Crippen LogP contribution in [0.3, 0.4) is 0 Å². The van der Waals surface area contributed by atoms with Crippen molar-refractivity contribution in [3.8, 4) is 0 Å². The maximum absolute atomic E-state index is 13.4. The van der Waals surface area contributed by atoms with Gasteiger partial charge in [-0.2, -0.15) is 4.37 Å². The lowest BCUT2D eigenvalue weighted by atomic mass is 10.2. The zero-order chi connectivity index (χ0) is 14.0. The molecule has 0 radical (unpaired) electrons. The van der Waals surface area contributed by atoms with Crippen molar-refractivity contribution in [3.05, 3.63) is 41.0 Å². The molecule has 1 heterocycles. The summed E-state index contributed by atoms with van der Waals surface area (Å²) >= 11 is 0.949. The monoisotopic (exact) mass is 284 g/mol. The second kappa shape index (κ2) is 5.19. The van der Waals surface area contributed by atoms with Crippen molar-refractivity contribution < 1.29 is 13.6 Å². The summed E-state index contributed by atoms with van der Waals surface area (Å²) in [7, 11) is 0. The number of nitrogens with two attached hydrogens (primary N) is 2. The molecule has 0 atom stereocenters. The number of hydrogen-bond donors (Lipinski definition) is 3. The molecule has 1 amide bonds. The van der Waals surface area contributed by atoms with Crippen molar-refractivity contribution in [2.75, 3.05) is 11.1 Å². The summed E-state index contributed by atoms with van der Waals surface area (Å²) in [5.41, 5.74) is 11.0. The van der Waals surface area contributed by atoms with E-state index in [0.717, 1.165) is 23.7 Å². The van der Waals surface area contributed by atoms with Gasteiger partial charge in [0.1, 0.15) is 22.2 Å². The van der Waals surface area contributed by atoms with E-state index in [1.165, 1.54) is 6.07 Å². The second-order valence-electron chi connectivity index (χ2n) is 3.73. The first kappa shape index (κ1) is 13.2. The van der Waals surface area contributed by atoms with E-state index >= 15 is 0 Å². The van der Waals surface area contributed by atoms with Crippen molar-refractivity contribution >= 4 is 28.3 Å². The normalized spacial score (nSPS) is 10.4. The number of aromatic nitrogens is 1. The van der Waals surface area contributed by atoms with E-state index in [1.54, 1.807) is 0 Å². The van der Waals surface area contributed by atoms with Crippen LogP contribution < -0.4 is 16.8 Å². The summed E-state index contributed by atoms with van der Waals surface area (Å²) in [6, 6.07) is 3.25. The molecule has 0 aliphatic rings. The number of amides is 1. The third-order valence-electron chi connectivity index (χ3n) is 2.42. The molecule has 100 valence electrons. The standard InChI is InChI=1S/C11H10F2N4OS/c12-6-2-1-5(7(13)3-6)4-16-11-8(10(15)18)9(14)17-19-11/h1-3,16H,4H2,(H2,14,17)(H2,15,18). The number of carbonyl (C=O) groups is 1. The van der Waals surface area contributed by atoms with Crippen LogP contribution in [0.15, 0.2) is 18.2 Å². The number of nitrogen functional groups attached to an aromatic ring is 1. The topological polar surface area (TPSA) is 94.0 Å². The summed E-state index contributed by atoms with van der Waals surface area (Å²) in [6.45, 7) is 0.0635. The average Bonchev–Trinajstić information content (AvgIpc) is 2.69. The molecular formula is C11H10F2N4OS. The molecule has 0 aliphatic carbocycles. The van der Waals surface area contributed by atoms with Crippen molar-refractivity contribution in [2.24, 2.45) is 5.73 Å². The van der Waals surface area contributed by atoms with Gasteiger partial charge >= 0.3 is 0 Å². The first-order chi connectivity index (χ1) is 8.99. The van der Waals surface area contributed by atoms with Crippen LogP contribution in [0.25, 0.3) is 0 Å². The van der Waals surface area contributed by atoms with Gasteiger partial charge in [-0.1, -0.05) is 6.07 Å². The van der Waals surface area contributed by atoms with Gasteiger partial charge in [-0.05, 0) is 17.6 Å². The highest BCUT2D eigenvalue weighted by Crippen LogP contribution is 2.26. The van der Waals surface area contributed by atoms with E-state index in [2.05, 4.69) is 9.69 Å². The zero-order valence-electron chi connectivity index (χ0n) is 9.61. The van der Waals surface area contributed by atoms with Gasteiger partial charge in [0.15, 0.2) is 5.82 Å². The molecule has 0 fully saturated rings. The van der Waals surface area contributed by atoms with E-state index in [0.29, 0.717) is 5.00 Å². The highest BCUT2D eigenvalue weighted by Gasteiger charge is 2.16. The summed E-state index contributed by atoms with van der Waals surface area (Å²) < 4.78 is 29.9. The minimum absolute atomic E-state index is 0.0274. The molecule has 5 nitrogen and oxygen atoms in total. The maximum atomic E-state index is 13.4. The molecule has 5 N–H and O–H groups in total. The predicted octanol–water partition coefficient (Wildman–Crippen LogP) is 1.71. The highest BCUT2D eigenvalue weighted by molar-refractivity contribution is 7.11. The molecule has 8 heteroatoms. The van der Waals surface area contributed by atoms with E-state index in [4.69, 9.17) is 11.5 Å². The quantitative estimate of drug-likeness (QED) is 0.796. The van der Waals surface area contributed by atoms with Gasteiger partial charge in [0.2, 0.25) is 0 Å². The van der Waals surface area contributed by atoms with Gasteiger partial charge < -0.3 is 16.8 Å². The minimum Gasteiger partial charge on any atom is -0.382 e. The smallest absolute Gasteiger partial charge is 0.255 e. The number of primary amides is 1. The Hall–Kier alpha value is -2.22. The fraction of sp³-hybridized carbons (Fsp3) is 0.0909. The molecule has 1 aromatic heterocycles. The Morgan fingerprint density at radius 2 is 2.16 bits per heavy atom. The number of rotatable bonds is 4. The van der Waals surface area contributed by atoms with Crippen LogP contribution in [0.5, 0.6) is 0 Å². The molecule has 0 saturated heterocycles. The lowest BCUT2D eigenvalue weighted by Crippen LogP contribution is -2.14. The third kappa shape index (κ3) is 2.79. The van der Waals surface area contributed by atoms with Crippen LogP contribution in [-0.2, 0) is 6.54 Å². The molecule has 0 saturated carbocycles. The summed E-state index contributed by atoms with van der Waals surface area (Å²) in [5.74, 6) is -2.01. The summed E-state index contributed by atoms with van der Waals surface area (Å²) in [6.07, 6.45) is 0. The SMILES string of the molecule is NC(=O)c1c(N)nsc1NCc1ccc(F)cc1F. The first-order valence-corrected chi connectivity index (χ1v) is 5.99. The van der Waals surface area contributed by atoms with Gasteiger partial charge in [0.25, 0.3) is 5.91 Å². The molecule has 2 rings (SSSR count).